The molecule has 0 aliphatic heterocycles. The van der Waals surface area contributed by atoms with E-state index in [4.69, 9.17) is 0 Å². The third kappa shape index (κ3) is 2.58. The third-order valence-electron chi connectivity index (χ3n) is 3.42. The number of hydrogen-bond acceptors (Lipinski definition) is 4. The van der Waals surface area contributed by atoms with Crippen LogP contribution < -0.4 is 5.32 Å². The Hall–Kier alpha value is -1.39. The molecule has 0 aliphatic carbocycles. The Kier molecular flexibility index (Phi) is 3.52. The van der Waals surface area contributed by atoms with Crippen LogP contribution in [0.25, 0.3) is 10.2 Å². The van der Waals surface area contributed by atoms with E-state index >= 15 is 0 Å². The summed E-state index contributed by atoms with van der Waals surface area (Å²) in [5, 5.41) is 4.72. The fourth-order valence-corrected chi connectivity index (χ4v) is 4.43. The minimum absolute atomic E-state index is 0.325. The van der Waals surface area contributed by atoms with Crippen molar-refractivity contribution in [1.29, 1.82) is 0 Å². The van der Waals surface area contributed by atoms with Crippen molar-refractivity contribution in [1.82, 2.24) is 4.98 Å². The smallest absolute Gasteiger partial charge is 0.0907 e. The van der Waals surface area contributed by atoms with E-state index in [1.807, 2.05) is 11.3 Å². The first-order valence-electron chi connectivity index (χ1n) is 6.73. The van der Waals surface area contributed by atoms with Gasteiger partial charge in [0.1, 0.15) is 0 Å². The van der Waals surface area contributed by atoms with Gasteiger partial charge in [-0.05, 0) is 57.5 Å². The second kappa shape index (κ2) is 5.19. The van der Waals surface area contributed by atoms with Crippen molar-refractivity contribution in [2.75, 3.05) is 5.32 Å². The first-order valence-corrected chi connectivity index (χ1v) is 8.37. The van der Waals surface area contributed by atoms with Crippen LogP contribution >= 0.6 is 22.7 Å². The number of anilines is 1. The minimum atomic E-state index is 0.325. The SMILES string of the molecule is Cc1cc(C(C)Nc2ccc3nc(C)sc3c2)c(C)s1. The van der Waals surface area contributed by atoms with Crippen molar-refractivity contribution in [2.45, 2.75) is 33.7 Å². The molecule has 0 saturated carbocycles. The molecule has 0 saturated heterocycles. The van der Waals surface area contributed by atoms with E-state index in [2.05, 4.69) is 62.3 Å². The number of nitrogens with one attached hydrogen (secondary N) is 1. The van der Waals surface area contributed by atoms with Gasteiger partial charge in [0.25, 0.3) is 0 Å². The summed E-state index contributed by atoms with van der Waals surface area (Å²) in [6, 6.07) is 9.02. The molecular formula is C16H18N2S2. The Labute approximate surface area is 127 Å². The quantitative estimate of drug-likeness (QED) is 0.695. The molecule has 104 valence electrons. The minimum Gasteiger partial charge on any atom is -0.378 e. The molecule has 3 rings (SSSR count). The van der Waals surface area contributed by atoms with Crippen LogP contribution in [0.5, 0.6) is 0 Å². The maximum atomic E-state index is 4.50. The van der Waals surface area contributed by atoms with Crippen molar-refractivity contribution < 1.29 is 0 Å². The summed E-state index contributed by atoms with van der Waals surface area (Å²) in [4.78, 5) is 7.28. The number of benzene rings is 1. The molecule has 0 bridgehead atoms. The van der Waals surface area contributed by atoms with Crippen LogP contribution in [0.1, 0.15) is 33.3 Å². The number of aryl methyl sites for hydroxylation is 3. The highest BCUT2D eigenvalue weighted by molar-refractivity contribution is 7.18. The van der Waals surface area contributed by atoms with Crippen molar-refractivity contribution in [3.63, 3.8) is 0 Å². The molecular weight excluding hydrogens is 284 g/mol. The lowest BCUT2D eigenvalue weighted by molar-refractivity contribution is 0.882. The van der Waals surface area contributed by atoms with Gasteiger partial charge in [-0.25, -0.2) is 4.98 Å². The first kappa shape index (κ1) is 13.6. The number of aromatic nitrogens is 1. The monoisotopic (exact) mass is 302 g/mol. The van der Waals surface area contributed by atoms with Crippen molar-refractivity contribution in [2.24, 2.45) is 0 Å². The van der Waals surface area contributed by atoms with Crippen LogP contribution in [0.4, 0.5) is 5.69 Å². The molecule has 20 heavy (non-hydrogen) atoms. The van der Waals surface area contributed by atoms with Gasteiger partial charge in [0.05, 0.1) is 15.2 Å². The molecule has 1 N–H and O–H groups in total. The number of fused-ring (bicyclic) bond motifs is 1. The predicted molar refractivity (Wildman–Crippen MR) is 90.2 cm³/mol. The van der Waals surface area contributed by atoms with Gasteiger partial charge in [-0.15, -0.1) is 22.7 Å². The average Bonchev–Trinajstić information content (AvgIpc) is 2.90. The van der Waals surface area contributed by atoms with Gasteiger partial charge in [0, 0.05) is 21.5 Å². The number of thiophene rings is 1. The van der Waals surface area contributed by atoms with Crippen molar-refractivity contribution in [3.8, 4) is 0 Å². The van der Waals surface area contributed by atoms with E-state index in [0.717, 1.165) is 16.2 Å². The normalized spacial score (nSPS) is 12.8. The summed E-state index contributed by atoms with van der Waals surface area (Å²) >= 11 is 3.61. The number of hydrogen-bond donors (Lipinski definition) is 1. The molecule has 0 spiro atoms. The summed E-state index contributed by atoms with van der Waals surface area (Å²) < 4.78 is 1.25. The van der Waals surface area contributed by atoms with E-state index in [1.165, 1.54) is 20.0 Å². The maximum Gasteiger partial charge on any atom is 0.0907 e. The van der Waals surface area contributed by atoms with Gasteiger partial charge in [-0.3, -0.25) is 0 Å². The molecule has 3 aromatic rings. The molecule has 0 radical (unpaired) electrons. The first-order chi connectivity index (χ1) is 9.52. The lowest BCUT2D eigenvalue weighted by atomic mass is 10.1. The number of rotatable bonds is 3. The van der Waals surface area contributed by atoms with E-state index in [-0.39, 0.29) is 0 Å². The molecule has 1 aromatic carbocycles. The zero-order chi connectivity index (χ0) is 14.3. The van der Waals surface area contributed by atoms with Crippen LogP contribution in [-0.4, -0.2) is 4.98 Å². The summed E-state index contributed by atoms with van der Waals surface area (Å²) in [6.45, 7) is 8.63. The summed E-state index contributed by atoms with van der Waals surface area (Å²) in [5.41, 5.74) is 3.65. The highest BCUT2D eigenvalue weighted by atomic mass is 32.1. The topological polar surface area (TPSA) is 24.9 Å². The second-order valence-electron chi connectivity index (χ2n) is 5.15. The van der Waals surface area contributed by atoms with Crippen LogP contribution in [0.2, 0.25) is 0 Å². The molecule has 2 aromatic heterocycles. The highest BCUT2D eigenvalue weighted by Crippen LogP contribution is 2.30. The van der Waals surface area contributed by atoms with Gasteiger partial charge in [-0.2, -0.15) is 0 Å². The third-order valence-corrected chi connectivity index (χ3v) is 5.34. The van der Waals surface area contributed by atoms with Gasteiger partial charge >= 0.3 is 0 Å². The van der Waals surface area contributed by atoms with Crippen LogP contribution in [-0.2, 0) is 0 Å². The van der Waals surface area contributed by atoms with Gasteiger partial charge in [0.2, 0.25) is 0 Å². The van der Waals surface area contributed by atoms with Crippen LogP contribution in [0, 0.1) is 20.8 Å². The van der Waals surface area contributed by atoms with E-state index in [9.17, 15) is 0 Å². The molecule has 2 nitrogen and oxygen atoms in total. The van der Waals surface area contributed by atoms with Crippen molar-refractivity contribution in [3.05, 3.63) is 44.6 Å². The second-order valence-corrected chi connectivity index (χ2v) is 7.85. The maximum absolute atomic E-state index is 4.50. The molecule has 0 amide bonds. The largest absolute Gasteiger partial charge is 0.378 e. The van der Waals surface area contributed by atoms with E-state index in [0.29, 0.717) is 6.04 Å². The lowest BCUT2D eigenvalue weighted by Gasteiger charge is -2.15. The number of nitrogens with zero attached hydrogens (tertiary/aromatic N) is 1. The summed E-state index contributed by atoms with van der Waals surface area (Å²) in [7, 11) is 0. The Bertz CT molecular complexity index is 755. The standard InChI is InChI=1S/C16H18N2S2/c1-9-7-14(11(3)19-9)10(2)17-13-5-6-15-16(8-13)20-12(4)18-15/h5-8,10,17H,1-4H3. The fraction of sp³-hybridized carbons (Fsp3) is 0.312. The Morgan fingerprint density at radius 3 is 2.60 bits per heavy atom. The van der Waals surface area contributed by atoms with Crippen LogP contribution in [0.3, 0.4) is 0 Å². The molecule has 2 heterocycles. The summed E-state index contributed by atoms with van der Waals surface area (Å²) in [5.74, 6) is 0. The van der Waals surface area contributed by atoms with Gasteiger partial charge in [-0.1, -0.05) is 0 Å². The summed E-state index contributed by atoms with van der Waals surface area (Å²) in [6.07, 6.45) is 0. The van der Waals surface area contributed by atoms with E-state index < -0.39 is 0 Å². The predicted octanol–water partition coefficient (Wildman–Crippen LogP) is 5.46. The zero-order valence-corrected chi connectivity index (χ0v) is 13.8. The highest BCUT2D eigenvalue weighted by Gasteiger charge is 2.11. The molecule has 0 fully saturated rings. The Morgan fingerprint density at radius 2 is 1.90 bits per heavy atom. The Morgan fingerprint density at radius 1 is 1.10 bits per heavy atom. The van der Waals surface area contributed by atoms with Crippen molar-refractivity contribution >= 4 is 38.6 Å². The fourth-order valence-electron chi connectivity index (χ4n) is 2.54. The Balaban J connectivity index is 1.86. The zero-order valence-electron chi connectivity index (χ0n) is 12.2. The average molecular weight is 302 g/mol. The molecule has 0 aliphatic rings. The van der Waals surface area contributed by atoms with E-state index in [1.54, 1.807) is 11.3 Å². The van der Waals surface area contributed by atoms with Gasteiger partial charge < -0.3 is 5.32 Å². The van der Waals surface area contributed by atoms with Gasteiger partial charge in [0.15, 0.2) is 0 Å². The molecule has 1 atom stereocenters. The number of thiazole rings is 1. The molecule has 4 heteroatoms. The molecule has 1 unspecified atom stereocenters. The van der Waals surface area contributed by atoms with Crippen LogP contribution in [0.15, 0.2) is 24.3 Å². The lowest BCUT2D eigenvalue weighted by Crippen LogP contribution is -2.06.